The van der Waals surface area contributed by atoms with Gasteiger partial charge in [-0.25, -0.2) is 0 Å². The maximum absolute atomic E-state index is 12.4. The van der Waals surface area contributed by atoms with E-state index in [4.69, 9.17) is 10.5 Å². The van der Waals surface area contributed by atoms with E-state index in [1.807, 2.05) is 29.2 Å². The van der Waals surface area contributed by atoms with Crippen molar-refractivity contribution in [3.8, 4) is 5.75 Å². The first kappa shape index (κ1) is 17.3. The third-order valence-corrected chi connectivity index (χ3v) is 4.16. The number of carbonyl (C=O) groups is 2. The van der Waals surface area contributed by atoms with Crippen LogP contribution >= 0.6 is 0 Å². The number of aryl methyl sites for hydroxylation is 1. The molecule has 0 bridgehead atoms. The Morgan fingerprint density at radius 3 is 2.22 bits per heavy atom. The van der Waals surface area contributed by atoms with Crippen LogP contribution in [-0.4, -0.2) is 61.4 Å². The number of benzene rings is 1. The van der Waals surface area contributed by atoms with E-state index in [1.165, 1.54) is 0 Å². The van der Waals surface area contributed by atoms with Crippen LogP contribution in [0.15, 0.2) is 24.3 Å². The fraction of sp³-hybridized carbons (Fsp3) is 0.529. The molecule has 6 nitrogen and oxygen atoms in total. The van der Waals surface area contributed by atoms with Crippen molar-refractivity contribution in [2.45, 2.75) is 19.3 Å². The van der Waals surface area contributed by atoms with E-state index in [-0.39, 0.29) is 18.4 Å². The Hall–Kier alpha value is -2.08. The van der Waals surface area contributed by atoms with Crippen molar-refractivity contribution < 1.29 is 14.3 Å². The summed E-state index contributed by atoms with van der Waals surface area (Å²) < 4.78 is 5.13. The van der Waals surface area contributed by atoms with Gasteiger partial charge in [0.15, 0.2) is 0 Å². The normalized spacial score (nSPS) is 15.2. The first-order valence-electron chi connectivity index (χ1n) is 8.02. The molecule has 0 unspecified atom stereocenters. The zero-order chi connectivity index (χ0) is 16.7. The molecule has 0 saturated carbocycles. The van der Waals surface area contributed by atoms with Crippen LogP contribution in [0.25, 0.3) is 0 Å². The Morgan fingerprint density at radius 2 is 1.65 bits per heavy atom. The second-order valence-corrected chi connectivity index (χ2v) is 5.67. The minimum Gasteiger partial charge on any atom is -0.497 e. The molecule has 2 N–H and O–H groups in total. The molecule has 2 rings (SSSR count). The van der Waals surface area contributed by atoms with Gasteiger partial charge in [-0.15, -0.1) is 0 Å². The third kappa shape index (κ3) is 4.96. The first-order valence-corrected chi connectivity index (χ1v) is 8.02. The molecule has 126 valence electrons. The molecule has 1 aliphatic rings. The highest BCUT2D eigenvalue weighted by molar-refractivity contribution is 5.79. The van der Waals surface area contributed by atoms with E-state index in [9.17, 15) is 9.59 Å². The molecule has 0 aliphatic carbocycles. The van der Waals surface area contributed by atoms with E-state index in [0.717, 1.165) is 17.7 Å². The second kappa shape index (κ2) is 8.53. The molecular formula is C17H25N3O3. The number of nitrogens with zero attached hydrogens (tertiary/aromatic N) is 2. The predicted octanol–water partition coefficient (Wildman–Crippen LogP) is 0.647. The van der Waals surface area contributed by atoms with Crippen molar-refractivity contribution in [1.29, 1.82) is 0 Å². The van der Waals surface area contributed by atoms with E-state index in [0.29, 0.717) is 39.0 Å². The highest BCUT2D eigenvalue weighted by atomic mass is 16.5. The summed E-state index contributed by atoms with van der Waals surface area (Å²) in [5, 5.41) is 0. The first-order chi connectivity index (χ1) is 11.1. The maximum Gasteiger partial charge on any atom is 0.236 e. The van der Waals surface area contributed by atoms with Crippen molar-refractivity contribution in [1.82, 2.24) is 9.80 Å². The number of amides is 2. The topological polar surface area (TPSA) is 75.9 Å². The standard InChI is InChI=1S/C17H25N3O3/c1-23-15-6-3-14(4-7-15)5-8-16(21)19-9-2-10-20(12-11-19)17(22)13-18/h3-4,6-7H,2,5,8-13,18H2,1H3. The van der Waals surface area contributed by atoms with Gasteiger partial charge >= 0.3 is 0 Å². The summed E-state index contributed by atoms with van der Waals surface area (Å²) in [7, 11) is 1.64. The molecule has 1 aromatic carbocycles. The number of rotatable bonds is 5. The lowest BCUT2D eigenvalue weighted by atomic mass is 10.1. The lowest BCUT2D eigenvalue weighted by molar-refractivity contribution is -0.132. The molecule has 0 radical (unpaired) electrons. The van der Waals surface area contributed by atoms with E-state index in [1.54, 1.807) is 12.0 Å². The predicted molar refractivity (Wildman–Crippen MR) is 88.1 cm³/mol. The molecular weight excluding hydrogens is 294 g/mol. The Bertz CT molecular complexity index is 530. The van der Waals surface area contributed by atoms with Crippen molar-refractivity contribution in [2.24, 2.45) is 5.73 Å². The average molecular weight is 319 g/mol. The molecule has 1 aliphatic heterocycles. The van der Waals surface area contributed by atoms with Crippen LogP contribution in [0.4, 0.5) is 0 Å². The smallest absolute Gasteiger partial charge is 0.236 e. The van der Waals surface area contributed by atoms with Gasteiger partial charge in [-0.2, -0.15) is 0 Å². The zero-order valence-corrected chi connectivity index (χ0v) is 13.7. The number of ether oxygens (including phenoxy) is 1. The highest BCUT2D eigenvalue weighted by Crippen LogP contribution is 2.13. The zero-order valence-electron chi connectivity index (χ0n) is 13.7. The van der Waals surface area contributed by atoms with Gasteiger partial charge in [-0.3, -0.25) is 9.59 Å². The van der Waals surface area contributed by atoms with Crippen LogP contribution < -0.4 is 10.5 Å². The van der Waals surface area contributed by atoms with Crippen LogP contribution in [0.2, 0.25) is 0 Å². The largest absolute Gasteiger partial charge is 0.497 e. The van der Waals surface area contributed by atoms with Gasteiger partial charge in [-0.05, 0) is 30.5 Å². The number of nitrogens with two attached hydrogens (primary N) is 1. The highest BCUT2D eigenvalue weighted by Gasteiger charge is 2.20. The van der Waals surface area contributed by atoms with Crippen LogP contribution in [0.3, 0.4) is 0 Å². The molecule has 23 heavy (non-hydrogen) atoms. The summed E-state index contributed by atoms with van der Waals surface area (Å²) >= 11 is 0. The number of hydrogen-bond donors (Lipinski definition) is 1. The van der Waals surface area contributed by atoms with Crippen LogP contribution in [-0.2, 0) is 16.0 Å². The van der Waals surface area contributed by atoms with Crippen molar-refractivity contribution in [3.05, 3.63) is 29.8 Å². The molecule has 0 aromatic heterocycles. The SMILES string of the molecule is COc1ccc(CCC(=O)N2CCCN(C(=O)CN)CC2)cc1. The molecule has 6 heteroatoms. The molecule has 2 amide bonds. The average Bonchev–Trinajstić information content (AvgIpc) is 2.85. The molecule has 1 aromatic rings. The number of methoxy groups -OCH3 is 1. The summed E-state index contributed by atoms with van der Waals surface area (Å²) in [5.41, 5.74) is 6.52. The van der Waals surface area contributed by atoms with Crippen molar-refractivity contribution in [3.63, 3.8) is 0 Å². The van der Waals surface area contributed by atoms with Gasteiger partial charge in [0.25, 0.3) is 0 Å². The fourth-order valence-corrected chi connectivity index (χ4v) is 2.75. The Kier molecular flexibility index (Phi) is 6.40. The van der Waals surface area contributed by atoms with Crippen molar-refractivity contribution >= 4 is 11.8 Å². The van der Waals surface area contributed by atoms with Gasteiger partial charge < -0.3 is 20.3 Å². The van der Waals surface area contributed by atoms with Crippen molar-refractivity contribution in [2.75, 3.05) is 39.8 Å². The Labute approximate surface area is 137 Å². The van der Waals surface area contributed by atoms with Crippen LogP contribution in [0, 0.1) is 0 Å². The van der Waals surface area contributed by atoms with Gasteiger partial charge in [-0.1, -0.05) is 12.1 Å². The molecule has 0 atom stereocenters. The third-order valence-electron chi connectivity index (χ3n) is 4.16. The summed E-state index contributed by atoms with van der Waals surface area (Å²) in [6.07, 6.45) is 2.00. The molecule has 0 spiro atoms. The van der Waals surface area contributed by atoms with Gasteiger partial charge in [0.1, 0.15) is 5.75 Å². The van der Waals surface area contributed by atoms with Crippen LogP contribution in [0.1, 0.15) is 18.4 Å². The van der Waals surface area contributed by atoms with Gasteiger partial charge in [0, 0.05) is 32.6 Å². The number of carbonyl (C=O) groups excluding carboxylic acids is 2. The molecule has 1 saturated heterocycles. The lowest BCUT2D eigenvalue weighted by Gasteiger charge is -2.22. The Morgan fingerprint density at radius 1 is 1.04 bits per heavy atom. The Balaban J connectivity index is 1.82. The summed E-state index contributed by atoms with van der Waals surface area (Å²) in [5.74, 6) is 0.914. The minimum absolute atomic E-state index is 0.0332. The van der Waals surface area contributed by atoms with Gasteiger partial charge in [0.2, 0.25) is 11.8 Å². The van der Waals surface area contributed by atoms with E-state index in [2.05, 4.69) is 0 Å². The minimum atomic E-state index is -0.0440. The quantitative estimate of drug-likeness (QED) is 0.864. The summed E-state index contributed by atoms with van der Waals surface area (Å²) in [4.78, 5) is 27.6. The second-order valence-electron chi connectivity index (χ2n) is 5.67. The van der Waals surface area contributed by atoms with E-state index < -0.39 is 0 Å². The molecule has 1 heterocycles. The number of hydrogen-bond acceptors (Lipinski definition) is 4. The molecule has 1 fully saturated rings. The maximum atomic E-state index is 12.4. The monoisotopic (exact) mass is 319 g/mol. The van der Waals surface area contributed by atoms with E-state index >= 15 is 0 Å². The van der Waals surface area contributed by atoms with Gasteiger partial charge in [0.05, 0.1) is 13.7 Å². The lowest BCUT2D eigenvalue weighted by Crippen LogP contribution is -2.39. The summed E-state index contributed by atoms with van der Waals surface area (Å²) in [6.45, 7) is 2.58. The summed E-state index contributed by atoms with van der Waals surface area (Å²) in [6, 6.07) is 7.77. The van der Waals surface area contributed by atoms with Crippen LogP contribution in [0.5, 0.6) is 5.75 Å². The fourth-order valence-electron chi connectivity index (χ4n) is 2.75.